The molecular formula is C14H15ClN2O. The van der Waals surface area contributed by atoms with Gasteiger partial charge in [-0.15, -0.1) is 0 Å². The molecule has 18 heavy (non-hydrogen) atoms. The van der Waals surface area contributed by atoms with Crippen LogP contribution in [0.2, 0.25) is 5.02 Å². The normalized spacial score (nSPS) is 19.3. The molecule has 4 heteroatoms. The maximum absolute atomic E-state index is 6.02. The van der Waals surface area contributed by atoms with Crippen LogP contribution in [0.3, 0.4) is 0 Å². The summed E-state index contributed by atoms with van der Waals surface area (Å²) in [5, 5.41) is 8.04. The van der Waals surface area contributed by atoms with E-state index in [0.29, 0.717) is 5.92 Å². The van der Waals surface area contributed by atoms with Crippen molar-refractivity contribution >= 4 is 11.6 Å². The first-order chi connectivity index (χ1) is 8.83. The lowest BCUT2D eigenvalue weighted by molar-refractivity contribution is 0.364. The Morgan fingerprint density at radius 3 is 3.17 bits per heavy atom. The Bertz CT molecular complexity index is 532. The molecule has 0 spiro atoms. The predicted octanol–water partition coefficient (Wildman–Crippen LogP) is 3.15. The fraction of sp³-hybridized carbons (Fsp3) is 0.357. The third-order valence-corrected chi connectivity index (χ3v) is 3.65. The third kappa shape index (κ3) is 2.42. The summed E-state index contributed by atoms with van der Waals surface area (Å²) in [6, 6.07) is 7.81. The van der Waals surface area contributed by atoms with Gasteiger partial charge in [0.25, 0.3) is 0 Å². The van der Waals surface area contributed by atoms with Crippen LogP contribution in [0.25, 0.3) is 11.1 Å². The summed E-state index contributed by atoms with van der Waals surface area (Å²) >= 11 is 6.02. The molecule has 94 valence electrons. The minimum atomic E-state index is 0.649. The first kappa shape index (κ1) is 11.8. The van der Waals surface area contributed by atoms with Crippen LogP contribution >= 0.6 is 11.6 Å². The van der Waals surface area contributed by atoms with E-state index < -0.39 is 0 Å². The molecule has 1 atom stereocenters. The highest BCUT2D eigenvalue weighted by Gasteiger charge is 2.19. The van der Waals surface area contributed by atoms with Crippen molar-refractivity contribution in [2.75, 3.05) is 13.1 Å². The highest BCUT2D eigenvalue weighted by atomic mass is 35.5. The molecule has 2 aromatic rings. The van der Waals surface area contributed by atoms with Gasteiger partial charge in [-0.3, -0.25) is 0 Å². The second-order valence-electron chi connectivity index (χ2n) is 4.74. The minimum Gasteiger partial charge on any atom is -0.361 e. The second-order valence-corrected chi connectivity index (χ2v) is 5.17. The maximum atomic E-state index is 6.02. The third-order valence-electron chi connectivity index (χ3n) is 3.42. The molecule has 2 heterocycles. The van der Waals surface area contributed by atoms with E-state index in [0.717, 1.165) is 41.4 Å². The second kappa shape index (κ2) is 5.12. The van der Waals surface area contributed by atoms with Gasteiger partial charge in [0.05, 0.1) is 6.20 Å². The number of aromatic nitrogens is 1. The van der Waals surface area contributed by atoms with Crippen LogP contribution in [0, 0.1) is 5.92 Å². The molecule has 1 unspecified atom stereocenters. The van der Waals surface area contributed by atoms with Crippen LogP contribution in [0.15, 0.2) is 35.0 Å². The van der Waals surface area contributed by atoms with E-state index in [1.807, 2.05) is 24.3 Å². The number of halogens is 1. The molecule has 3 rings (SSSR count). The Morgan fingerprint density at radius 2 is 2.39 bits per heavy atom. The lowest BCUT2D eigenvalue weighted by Gasteiger charge is -2.07. The minimum absolute atomic E-state index is 0.649. The molecular weight excluding hydrogens is 248 g/mol. The summed E-state index contributed by atoms with van der Waals surface area (Å²) in [4.78, 5) is 0. The molecule has 0 radical (unpaired) electrons. The van der Waals surface area contributed by atoms with Crippen LogP contribution in [-0.4, -0.2) is 18.2 Å². The van der Waals surface area contributed by atoms with Crippen molar-refractivity contribution in [1.82, 2.24) is 10.5 Å². The first-order valence-corrected chi connectivity index (χ1v) is 6.61. The van der Waals surface area contributed by atoms with Gasteiger partial charge in [-0.25, -0.2) is 0 Å². The van der Waals surface area contributed by atoms with E-state index in [2.05, 4.69) is 10.5 Å². The topological polar surface area (TPSA) is 38.1 Å². The standard InChI is InChI=1S/C14H15ClN2O/c15-12-3-1-2-11(7-12)13-9-17-18-14(13)6-10-4-5-16-8-10/h1-3,7,9-10,16H,4-6,8H2. The quantitative estimate of drug-likeness (QED) is 0.923. The molecule has 1 N–H and O–H groups in total. The van der Waals surface area contributed by atoms with Gasteiger partial charge >= 0.3 is 0 Å². The van der Waals surface area contributed by atoms with Crippen molar-refractivity contribution in [2.24, 2.45) is 5.92 Å². The van der Waals surface area contributed by atoms with Crippen molar-refractivity contribution < 1.29 is 4.52 Å². The van der Waals surface area contributed by atoms with Crippen molar-refractivity contribution in [2.45, 2.75) is 12.8 Å². The highest BCUT2D eigenvalue weighted by molar-refractivity contribution is 6.30. The van der Waals surface area contributed by atoms with Crippen molar-refractivity contribution in [3.8, 4) is 11.1 Å². The fourth-order valence-corrected chi connectivity index (χ4v) is 2.64. The SMILES string of the molecule is Clc1cccc(-c2cnoc2CC2CCNC2)c1. The number of benzene rings is 1. The Kier molecular flexibility index (Phi) is 3.35. The Labute approximate surface area is 111 Å². The molecule has 3 nitrogen and oxygen atoms in total. The summed E-state index contributed by atoms with van der Waals surface area (Å²) in [5.41, 5.74) is 2.13. The average Bonchev–Trinajstić information content (AvgIpc) is 3.01. The van der Waals surface area contributed by atoms with E-state index >= 15 is 0 Å². The number of rotatable bonds is 3. The van der Waals surface area contributed by atoms with Gasteiger partial charge in [0.15, 0.2) is 0 Å². The molecule has 0 amide bonds. The highest BCUT2D eigenvalue weighted by Crippen LogP contribution is 2.28. The van der Waals surface area contributed by atoms with Crippen LogP contribution in [0.5, 0.6) is 0 Å². The van der Waals surface area contributed by atoms with Gasteiger partial charge in [-0.05, 0) is 43.1 Å². The molecule has 0 saturated carbocycles. The van der Waals surface area contributed by atoms with Crippen LogP contribution in [-0.2, 0) is 6.42 Å². The molecule has 0 aliphatic carbocycles. The Morgan fingerprint density at radius 1 is 1.44 bits per heavy atom. The molecule has 1 aliphatic rings. The summed E-state index contributed by atoms with van der Waals surface area (Å²) in [6.07, 6.45) is 3.92. The van der Waals surface area contributed by atoms with Gasteiger partial charge in [0.1, 0.15) is 5.76 Å². The number of nitrogens with zero attached hydrogens (tertiary/aromatic N) is 1. The van der Waals surface area contributed by atoms with E-state index in [1.165, 1.54) is 6.42 Å². The van der Waals surface area contributed by atoms with E-state index in [4.69, 9.17) is 16.1 Å². The molecule has 1 aromatic carbocycles. The zero-order chi connectivity index (χ0) is 12.4. The summed E-state index contributed by atoms with van der Waals surface area (Å²) in [5.74, 6) is 1.61. The lowest BCUT2D eigenvalue weighted by Crippen LogP contribution is -2.10. The van der Waals surface area contributed by atoms with E-state index in [9.17, 15) is 0 Å². The van der Waals surface area contributed by atoms with Gasteiger partial charge in [0.2, 0.25) is 0 Å². The molecule has 1 aliphatic heterocycles. The number of hydrogen-bond donors (Lipinski definition) is 1. The molecule has 1 saturated heterocycles. The van der Waals surface area contributed by atoms with E-state index in [1.54, 1.807) is 6.20 Å². The fourth-order valence-electron chi connectivity index (χ4n) is 2.45. The average molecular weight is 263 g/mol. The van der Waals surface area contributed by atoms with Gasteiger partial charge in [-0.2, -0.15) is 0 Å². The smallest absolute Gasteiger partial charge is 0.144 e. The van der Waals surface area contributed by atoms with Gasteiger partial charge < -0.3 is 9.84 Å². The predicted molar refractivity (Wildman–Crippen MR) is 71.6 cm³/mol. The Hall–Kier alpha value is -1.32. The summed E-state index contributed by atoms with van der Waals surface area (Å²) < 4.78 is 5.40. The van der Waals surface area contributed by atoms with Crippen LogP contribution < -0.4 is 5.32 Å². The van der Waals surface area contributed by atoms with Crippen molar-refractivity contribution in [1.29, 1.82) is 0 Å². The number of nitrogens with one attached hydrogen (secondary N) is 1. The largest absolute Gasteiger partial charge is 0.361 e. The molecule has 0 bridgehead atoms. The summed E-state index contributed by atoms with van der Waals surface area (Å²) in [7, 11) is 0. The Balaban J connectivity index is 1.86. The lowest BCUT2D eigenvalue weighted by atomic mass is 9.98. The zero-order valence-corrected chi connectivity index (χ0v) is 10.8. The van der Waals surface area contributed by atoms with Crippen molar-refractivity contribution in [3.05, 3.63) is 41.2 Å². The number of hydrogen-bond acceptors (Lipinski definition) is 3. The monoisotopic (exact) mass is 262 g/mol. The van der Waals surface area contributed by atoms with Gasteiger partial charge in [-0.1, -0.05) is 28.9 Å². The van der Waals surface area contributed by atoms with Crippen molar-refractivity contribution in [3.63, 3.8) is 0 Å². The zero-order valence-electron chi connectivity index (χ0n) is 10.0. The maximum Gasteiger partial charge on any atom is 0.144 e. The molecule has 1 aromatic heterocycles. The van der Waals surface area contributed by atoms with Crippen LogP contribution in [0.1, 0.15) is 12.2 Å². The summed E-state index contributed by atoms with van der Waals surface area (Å²) in [6.45, 7) is 2.17. The van der Waals surface area contributed by atoms with E-state index in [-0.39, 0.29) is 0 Å². The first-order valence-electron chi connectivity index (χ1n) is 6.23. The van der Waals surface area contributed by atoms with Gasteiger partial charge in [0, 0.05) is 17.0 Å². The van der Waals surface area contributed by atoms with Crippen LogP contribution in [0.4, 0.5) is 0 Å². The molecule has 1 fully saturated rings.